The van der Waals surface area contributed by atoms with Crippen LogP contribution in [0.5, 0.6) is 0 Å². The average Bonchev–Trinajstić information content (AvgIpc) is 3.18. The largest absolute Gasteiger partial charge is 3.00 e. The second-order valence-electron chi connectivity index (χ2n) is 18.0. The first kappa shape index (κ1) is 68.6. The number of hydrogen-bond donors (Lipinski definition) is 0. The van der Waals surface area contributed by atoms with Gasteiger partial charge in [-0.1, -0.05) is 216 Å². The van der Waals surface area contributed by atoms with Crippen LogP contribution in [0.1, 0.15) is 276 Å². The molecule has 0 spiro atoms. The molecule has 0 rings (SSSR count). The van der Waals surface area contributed by atoms with Crippen LogP contribution >= 0.6 is 22.8 Å². The van der Waals surface area contributed by atoms with Crippen molar-refractivity contribution >= 4 is 22.8 Å². The molecule has 0 aliphatic carbocycles. The Morgan fingerprint density at radius 1 is 0.311 bits per heavy atom. The molecule has 1 radical (unpaired) electrons. The van der Waals surface area contributed by atoms with Gasteiger partial charge in [0.1, 0.15) is 22.8 Å². The molecule has 0 aliphatic rings. The van der Waals surface area contributed by atoms with E-state index in [1.54, 1.807) is 20.8 Å². The predicted molar refractivity (Wildman–Crippen MR) is 255 cm³/mol. The zero-order chi connectivity index (χ0) is 46.3. The molecule has 0 amide bonds. The van der Waals surface area contributed by atoms with Gasteiger partial charge in [-0.3, -0.25) is 0 Å². The summed E-state index contributed by atoms with van der Waals surface area (Å²) in [4.78, 5) is 36.3. The zero-order valence-electron chi connectivity index (χ0n) is 42.1. The Hall–Kier alpha value is 0.982. The quantitative estimate of drug-likeness (QED) is 0.0433. The van der Waals surface area contributed by atoms with Gasteiger partial charge in [-0.15, -0.1) is 0 Å². The van der Waals surface area contributed by atoms with E-state index in [-0.39, 0.29) is 52.6 Å². The van der Waals surface area contributed by atoms with Gasteiger partial charge in [0.25, 0.3) is 0 Å². The fraction of sp³-hybridized carbons (Fsp3) is 1.00. The van der Waals surface area contributed by atoms with Gasteiger partial charge in [-0.2, -0.15) is 0 Å². The van der Waals surface area contributed by atoms with Crippen molar-refractivity contribution in [1.82, 2.24) is 0 Å². The molecule has 61 heavy (non-hydrogen) atoms. The average molecular weight is 968 g/mol. The van der Waals surface area contributed by atoms with Gasteiger partial charge in [-0.25, -0.2) is 0 Å². The summed E-state index contributed by atoms with van der Waals surface area (Å²) in [6.07, 6.45) is 31.5. The maximum atomic E-state index is 12.1. The Kier molecular flexibility index (Phi) is 50.4. The molecule has 0 saturated heterocycles. The van der Waals surface area contributed by atoms with Crippen molar-refractivity contribution in [3.8, 4) is 0 Å². The minimum Gasteiger partial charge on any atom is -0.778 e. The summed E-state index contributed by atoms with van der Waals surface area (Å²) in [5.74, 6) is 0. The predicted octanol–water partition coefficient (Wildman–Crippen LogP) is 15.8. The first-order valence-electron chi connectivity index (χ1n) is 25.3. The van der Waals surface area contributed by atoms with E-state index in [9.17, 15) is 28.4 Å². The van der Waals surface area contributed by atoms with Gasteiger partial charge >= 0.3 is 17.4 Å². The minimum atomic E-state index is -3.69. The van der Waals surface area contributed by atoms with Gasteiger partial charge in [0, 0.05) is 17.0 Å². The minimum absolute atomic E-state index is 0. The summed E-state index contributed by atoms with van der Waals surface area (Å²) in [7, 11) is -11.1. The van der Waals surface area contributed by atoms with Gasteiger partial charge in [0.05, 0.1) is 18.3 Å². The second kappa shape index (κ2) is 44.8. The maximum absolute atomic E-state index is 12.1. The second-order valence-corrected chi connectivity index (χ2v) is 24.5. The van der Waals surface area contributed by atoms with Crippen molar-refractivity contribution in [2.75, 3.05) is 0 Å². The standard InChI is InChI=1S/3C16H35O3P.Cr/c3*1-5-7-9-11-13-15(3)19-20(17,18)16(4)14-12-10-8-6-2;/h3*15-16H,5-14H2,1-4H3,(H,17,18);/q;;;+3/p-3. The third kappa shape index (κ3) is 43.3. The molecule has 0 heterocycles. The van der Waals surface area contributed by atoms with E-state index in [1.807, 2.05) is 20.8 Å². The van der Waals surface area contributed by atoms with Gasteiger partial charge in [0.15, 0.2) is 0 Å². The smallest absolute Gasteiger partial charge is 0.778 e. The fourth-order valence-electron chi connectivity index (χ4n) is 6.87. The normalized spacial score (nSPS) is 17.4. The van der Waals surface area contributed by atoms with Crippen molar-refractivity contribution in [2.24, 2.45) is 0 Å². The molecular formula is C48H102CrO9P3. The molecule has 0 N–H and O–H groups in total. The Balaban J connectivity index is -0.000000396. The van der Waals surface area contributed by atoms with Crippen LogP contribution in [0.4, 0.5) is 0 Å². The van der Waals surface area contributed by atoms with Crippen LogP contribution in [0.3, 0.4) is 0 Å². The molecule has 0 bridgehead atoms. The Morgan fingerprint density at radius 2 is 0.475 bits per heavy atom. The van der Waals surface area contributed by atoms with Crippen molar-refractivity contribution in [3.05, 3.63) is 0 Å². The van der Waals surface area contributed by atoms with Crippen LogP contribution in [-0.2, 0) is 44.6 Å². The van der Waals surface area contributed by atoms with Crippen molar-refractivity contribution in [2.45, 2.75) is 311 Å². The number of rotatable bonds is 39. The molecule has 9 nitrogen and oxygen atoms in total. The summed E-state index contributed by atoms with van der Waals surface area (Å²) in [5, 5.41) is 0. The molecule has 13 heteroatoms. The van der Waals surface area contributed by atoms with Crippen LogP contribution in [0, 0.1) is 0 Å². The summed E-state index contributed by atoms with van der Waals surface area (Å²) in [5.41, 5.74) is -1.05. The summed E-state index contributed by atoms with van der Waals surface area (Å²) >= 11 is 0. The van der Waals surface area contributed by atoms with Crippen molar-refractivity contribution in [3.63, 3.8) is 0 Å². The van der Waals surface area contributed by atoms with E-state index in [0.717, 1.165) is 96.3 Å². The number of hydrogen-bond acceptors (Lipinski definition) is 9. The third-order valence-electron chi connectivity index (χ3n) is 11.4. The molecule has 0 saturated carbocycles. The van der Waals surface area contributed by atoms with E-state index >= 15 is 0 Å². The monoisotopic (exact) mass is 968 g/mol. The Morgan fingerprint density at radius 3 is 0.639 bits per heavy atom. The van der Waals surface area contributed by atoms with Gasteiger partial charge in [0.2, 0.25) is 0 Å². The molecule has 9 atom stereocenters. The maximum Gasteiger partial charge on any atom is 3.00 e. The fourth-order valence-corrected chi connectivity index (χ4v) is 10.8. The molecule has 0 aromatic rings. The van der Waals surface area contributed by atoms with Crippen LogP contribution in [0.2, 0.25) is 0 Å². The van der Waals surface area contributed by atoms with Gasteiger partial charge < -0.3 is 41.9 Å². The van der Waals surface area contributed by atoms with Crippen LogP contribution in [0.25, 0.3) is 0 Å². The van der Waals surface area contributed by atoms with Crippen LogP contribution in [0.15, 0.2) is 0 Å². The van der Waals surface area contributed by atoms with E-state index in [2.05, 4.69) is 41.5 Å². The first-order chi connectivity index (χ1) is 28.3. The number of unbranched alkanes of at least 4 members (excludes halogenated alkanes) is 18. The summed E-state index contributed by atoms with van der Waals surface area (Å²) in [6.45, 7) is 24.0. The van der Waals surface area contributed by atoms with Crippen molar-refractivity contribution in [1.29, 1.82) is 0 Å². The molecule has 0 aliphatic heterocycles. The van der Waals surface area contributed by atoms with Gasteiger partial charge in [-0.05, 0) is 59.3 Å². The SMILES string of the molecule is CCCCCCC(C)OP(=O)([O-])C(C)CCCCCC.CCCCCCC(C)OP(=O)([O-])C(C)CCCCCC.CCCCCCC(C)OP(=O)([O-])C(C)CCCCCC.[Cr+3]. The first-order valence-corrected chi connectivity index (χ1v) is 30.1. The van der Waals surface area contributed by atoms with E-state index < -0.39 is 22.8 Å². The molecule has 0 fully saturated rings. The molecule has 0 aromatic heterocycles. The Labute approximate surface area is 391 Å². The zero-order valence-corrected chi connectivity index (χ0v) is 46.1. The molecule has 0 aromatic carbocycles. The van der Waals surface area contributed by atoms with Crippen LogP contribution in [-0.4, -0.2) is 35.3 Å². The Bertz CT molecular complexity index is 941. The summed E-state index contributed by atoms with van der Waals surface area (Å²) in [6, 6.07) is 0. The topological polar surface area (TPSA) is 148 Å². The molecular weight excluding hydrogens is 865 g/mol. The van der Waals surface area contributed by atoms with Crippen molar-refractivity contribution < 1.29 is 59.3 Å². The van der Waals surface area contributed by atoms with E-state index in [0.29, 0.717) is 0 Å². The molecule has 9 unspecified atom stereocenters. The third-order valence-corrected chi connectivity index (χ3v) is 17.4. The van der Waals surface area contributed by atoms with E-state index in [1.165, 1.54) is 96.3 Å². The van der Waals surface area contributed by atoms with Crippen LogP contribution < -0.4 is 14.7 Å². The van der Waals surface area contributed by atoms with E-state index in [4.69, 9.17) is 13.6 Å². The molecule has 369 valence electrons. The summed E-state index contributed by atoms with van der Waals surface area (Å²) < 4.78 is 52.3.